The lowest BCUT2D eigenvalue weighted by Crippen LogP contribution is -2.43. The number of methoxy groups -OCH3 is 1. The number of carbonyl (C=O) groups is 1. The summed E-state index contributed by atoms with van der Waals surface area (Å²) >= 11 is 4.20. The minimum atomic E-state index is -0.556. The van der Waals surface area contributed by atoms with E-state index in [1.165, 1.54) is 21.8 Å². The second kappa shape index (κ2) is 10.1. The van der Waals surface area contributed by atoms with Crippen LogP contribution in [0.4, 0.5) is 0 Å². The summed E-state index contributed by atoms with van der Waals surface area (Å²) in [5.74, 6) is 0.888. The first-order chi connectivity index (χ1) is 13.6. The summed E-state index contributed by atoms with van der Waals surface area (Å²) in [6.07, 6.45) is 3.06. The van der Waals surface area contributed by atoms with E-state index in [-0.39, 0.29) is 12.0 Å². The molecule has 150 valence electrons. The highest BCUT2D eigenvalue weighted by atomic mass is 127. The first-order valence-electron chi connectivity index (χ1n) is 9.87. The maximum atomic E-state index is 13.2. The topological polar surface area (TPSA) is 29.5 Å². The van der Waals surface area contributed by atoms with Crippen molar-refractivity contribution in [1.82, 2.24) is 4.90 Å². The standard InChI is InChI=1S/C23H28INO2S/c1-3-4-16-28-23(22(26)27-2)14-15-25(17-18-10-6-5-7-11-18)21(23)19-12-8-9-13-20(19)24/h5-13,21H,3-4,14-17H2,1-2H3/t21-,23-/m1/s1. The molecular formula is C23H28INO2S. The Labute approximate surface area is 186 Å². The lowest BCUT2D eigenvalue weighted by molar-refractivity contribution is -0.144. The number of likely N-dealkylation sites (tertiary alicyclic amines) is 1. The molecule has 3 rings (SSSR count). The Morgan fingerprint density at radius 1 is 1.21 bits per heavy atom. The molecule has 3 nitrogen and oxygen atoms in total. The molecule has 1 saturated heterocycles. The number of esters is 1. The van der Waals surface area contributed by atoms with Gasteiger partial charge < -0.3 is 4.74 Å². The van der Waals surface area contributed by atoms with Crippen LogP contribution in [-0.4, -0.2) is 35.0 Å². The van der Waals surface area contributed by atoms with E-state index in [0.717, 1.165) is 38.1 Å². The fourth-order valence-corrected chi connectivity index (χ4v) is 6.35. The monoisotopic (exact) mass is 509 g/mol. The predicted molar refractivity (Wildman–Crippen MR) is 125 cm³/mol. The van der Waals surface area contributed by atoms with Gasteiger partial charge in [-0.05, 0) is 58.4 Å². The predicted octanol–water partition coefficient (Wildman–Crippen LogP) is 5.68. The average molecular weight is 509 g/mol. The van der Waals surface area contributed by atoms with Gasteiger partial charge in [-0.1, -0.05) is 61.9 Å². The number of thioether (sulfide) groups is 1. The Morgan fingerprint density at radius 2 is 1.93 bits per heavy atom. The van der Waals surface area contributed by atoms with Gasteiger partial charge in [0, 0.05) is 16.7 Å². The van der Waals surface area contributed by atoms with E-state index >= 15 is 0 Å². The number of hydrogen-bond acceptors (Lipinski definition) is 4. The molecule has 1 fully saturated rings. The van der Waals surface area contributed by atoms with Crippen LogP contribution in [-0.2, 0) is 16.1 Å². The Balaban J connectivity index is 2.02. The minimum absolute atomic E-state index is 0.00936. The summed E-state index contributed by atoms with van der Waals surface area (Å²) in [6.45, 7) is 3.92. The summed E-state index contributed by atoms with van der Waals surface area (Å²) in [6, 6.07) is 19.0. The molecule has 28 heavy (non-hydrogen) atoms. The van der Waals surface area contributed by atoms with Gasteiger partial charge in [-0.25, -0.2) is 0 Å². The van der Waals surface area contributed by atoms with Crippen LogP contribution in [0.2, 0.25) is 0 Å². The first-order valence-corrected chi connectivity index (χ1v) is 11.9. The zero-order chi connectivity index (χ0) is 20.0. The molecule has 2 aromatic rings. The number of rotatable bonds is 8. The largest absolute Gasteiger partial charge is 0.468 e. The number of unbranched alkanes of at least 4 members (excludes halogenated alkanes) is 1. The first kappa shape index (κ1) is 21.7. The second-order valence-corrected chi connectivity index (χ2v) is 9.80. The number of carbonyl (C=O) groups excluding carboxylic acids is 1. The van der Waals surface area contributed by atoms with Crippen LogP contribution >= 0.6 is 34.4 Å². The fraction of sp³-hybridized carbons (Fsp3) is 0.435. The SMILES string of the molecule is CCCCS[C@]1(C(=O)OC)CCN(Cc2ccccc2)[C@@H]1c1ccccc1I. The summed E-state index contributed by atoms with van der Waals surface area (Å²) in [7, 11) is 1.53. The maximum absolute atomic E-state index is 13.2. The normalized spacial score (nSPS) is 22.3. The van der Waals surface area contributed by atoms with Crippen LogP contribution in [0.25, 0.3) is 0 Å². The van der Waals surface area contributed by atoms with Crippen LogP contribution in [0.3, 0.4) is 0 Å². The van der Waals surface area contributed by atoms with Crippen molar-refractivity contribution in [3.8, 4) is 0 Å². The molecule has 0 unspecified atom stereocenters. The summed E-state index contributed by atoms with van der Waals surface area (Å²) < 4.78 is 6.02. The van der Waals surface area contributed by atoms with Crippen molar-refractivity contribution in [2.75, 3.05) is 19.4 Å². The van der Waals surface area contributed by atoms with Crippen LogP contribution in [0, 0.1) is 3.57 Å². The number of benzene rings is 2. The maximum Gasteiger partial charge on any atom is 0.323 e. The van der Waals surface area contributed by atoms with Crippen molar-refractivity contribution in [2.24, 2.45) is 0 Å². The highest BCUT2D eigenvalue weighted by molar-refractivity contribution is 14.1. The Bertz CT molecular complexity index is 785. The molecular weight excluding hydrogens is 481 g/mol. The highest BCUT2D eigenvalue weighted by Crippen LogP contribution is 2.51. The summed E-state index contributed by atoms with van der Waals surface area (Å²) in [4.78, 5) is 15.6. The number of hydrogen-bond donors (Lipinski definition) is 0. The van der Waals surface area contributed by atoms with Gasteiger partial charge in [0.2, 0.25) is 0 Å². The summed E-state index contributed by atoms with van der Waals surface area (Å²) in [5, 5.41) is 0. The van der Waals surface area contributed by atoms with Gasteiger partial charge in [0.05, 0.1) is 13.2 Å². The Hall–Kier alpha value is -1.05. The molecule has 2 atom stereocenters. The molecule has 0 radical (unpaired) electrons. The Morgan fingerprint density at radius 3 is 2.61 bits per heavy atom. The lowest BCUT2D eigenvalue weighted by atomic mass is 9.92. The second-order valence-electron chi connectivity index (χ2n) is 7.21. The van der Waals surface area contributed by atoms with Gasteiger partial charge in [-0.2, -0.15) is 0 Å². The summed E-state index contributed by atoms with van der Waals surface area (Å²) in [5.41, 5.74) is 2.50. The number of ether oxygens (including phenoxy) is 1. The minimum Gasteiger partial charge on any atom is -0.468 e. The van der Waals surface area contributed by atoms with E-state index in [1.54, 1.807) is 11.8 Å². The molecule has 0 amide bonds. The van der Waals surface area contributed by atoms with Crippen molar-refractivity contribution >= 4 is 40.3 Å². The highest BCUT2D eigenvalue weighted by Gasteiger charge is 2.55. The van der Waals surface area contributed by atoms with Crippen molar-refractivity contribution in [3.05, 3.63) is 69.3 Å². The van der Waals surface area contributed by atoms with Crippen LogP contribution in [0.1, 0.15) is 43.4 Å². The molecule has 0 N–H and O–H groups in total. The smallest absolute Gasteiger partial charge is 0.323 e. The average Bonchev–Trinajstić information content (AvgIpc) is 3.07. The van der Waals surface area contributed by atoms with Gasteiger partial charge in [-0.3, -0.25) is 9.69 Å². The van der Waals surface area contributed by atoms with Crippen LogP contribution in [0.15, 0.2) is 54.6 Å². The zero-order valence-corrected chi connectivity index (χ0v) is 19.5. The van der Waals surface area contributed by atoms with Crippen molar-refractivity contribution < 1.29 is 9.53 Å². The van der Waals surface area contributed by atoms with E-state index in [2.05, 4.69) is 82.9 Å². The fourth-order valence-electron chi connectivity index (χ4n) is 4.00. The van der Waals surface area contributed by atoms with E-state index in [4.69, 9.17) is 4.74 Å². The lowest BCUT2D eigenvalue weighted by Gasteiger charge is -2.36. The molecule has 2 aromatic carbocycles. The van der Waals surface area contributed by atoms with Gasteiger partial charge in [0.25, 0.3) is 0 Å². The van der Waals surface area contributed by atoms with E-state index < -0.39 is 4.75 Å². The molecule has 1 aliphatic heterocycles. The van der Waals surface area contributed by atoms with Crippen LogP contribution < -0.4 is 0 Å². The quantitative estimate of drug-likeness (QED) is 0.260. The molecule has 0 aliphatic carbocycles. The third-order valence-corrected chi connectivity index (χ3v) is 7.98. The van der Waals surface area contributed by atoms with E-state index in [9.17, 15) is 4.79 Å². The van der Waals surface area contributed by atoms with Crippen LogP contribution in [0.5, 0.6) is 0 Å². The third-order valence-electron chi connectivity index (χ3n) is 5.39. The van der Waals surface area contributed by atoms with Gasteiger partial charge in [0.15, 0.2) is 0 Å². The number of nitrogens with zero attached hydrogens (tertiary/aromatic N) is 1. The molecule has 1 heterocycles. The van der Waals surface area contributed by atoms with Gasteiger partial charge >= 0.3 is 5.97 Å². The number of halogens is 1. The van der Waals surface area contributed by atoms with Crippen molar-refractivity contribution in [2.45, 2.75) is 43.5 Å². The molecule has 0 bridgehead atoms. The third kappa shape index (κ3) is 4.57. The Kier molecular flexibility index (Phi) is 7.83. The van der Waals surface area contributed by atoms with Gasteiger partial charge in [0.1, 0.15) is 4.75 Å². The molecule has 0 aromatic heterocycles. The molecule has 0 spiro atoms. The van der Waals surface area contributed by atoms with E-state index in [1.807, 2.05) is 6.07 Å². The molecule has 0 saturated carbocycles. The van der Waals surface area contributed by atoms with Gasteiger partial charge in [-0.15, -0.1) is 11.8 Å². The van der Waals surface area contributed by atoms with E-state index in [0.29, 0.717) is 0 Å². The van der Waals surface area contributed by atoms with Crippen molar-refractivity contribution in [1.29, 1.82) is 0 Å². The van der Waals surface area contributed by atoms with Crippen molar-refractivity contribution in [3.63, 3.8) is 0 Å². The zero-order valence-electron chi connectivity index (χ0n) is 16.6. The molecule has 5 heteroatoms. The molecule has 1 aliphatic rings.